The lowest BCUT2D eigenvalue weighted by Crippen LogP contribution is -2.28. The average Bonchev–Trinajstić information content (AvgIpc) is 2.29. The highest BCUT2D eigenvalue weighted by Gasteiger charge is 2.10. The van der Waals surface area contributed by atoms with Gasteiger partial charge in [0.1, 0.15) is 5.82 Å². The summed E-state index contributed by atoms with van der Waals surface area (Å²) in [7, 11) is 0. The monoisotopic (exact) mass is 312 g/mol. The summed E-state index contributed by atoms with van der Waals surface area (Å²) in [4.78, 5) is 2.23. The molecule has 0 amide bonds. The zero-order valence-corrected chi connectivity index (χ0v) is 12.4. The first kappa shape index (κ1) is 15.1. The molecule has 0 atom stereocenters. The van der Waals surface area contributed by atoms with Crippen molar-refractivity contribution in [2.24, 2.45) is 5.92 Å². The van der Waals surface area contributed by atoms with Gasteiger partial charge in [-0.3, -0.25) is 4.90 Å². The first-order valence-corrected chi connectivity index (χ1v) is 6.85. The summed E-state index contributed by atoms with van der Waals surface area (Å²) in [6.07, 6.45) is 0.519. The molecule has 98 valence electrons. The van der Waals surface area contributed by atoms with Gasteiger partial charge in [0, 0.05) is 30.5 Å². The van der Waals surface area contributed by atoms with E-state index >= 15 is 0 Å². The van der Waals surface area contributed by atoms with Crippen LogP contribution in [-0.4, -0.2) is 18.0 Å². The van der Waals surface area contributed by atoms with E-state index < -0.39 is 0 Å². The Bertz CT molecular complexity index is 426. The highest BCUT2D eigenvalue weighted by molar-refractivity contribution is 9.10. The third-order valence-corrected chi connectivity index (χ3v) is 3.31. The quantitative estimate of drug-likeness (QED) is 0.795. The van der Waals surface area contributed by atoms with Crippen molar-refractivity contribution < 1.29 is 4.39 Å². The summed E-state index contributed by atoms with van der Waals surface area (Å²) in [5.41, 5.74) is 1.05. The molecule has 0 saturated heterocycles. The molecule has 0 aliphatic carbocycles. The molecule has 0 unspecified atom stereocenters. The minimum Gasteiger partial charge on any atom is -0.298 e. The summed E-state index contributed by atoms with van der Waals surface area (Å²) >= 11 is 3.38. The number of hydrogen-bond acceptors (Lipinski definition) is 2. The average molecular weight is 313 g/mol. The molecule has 0 aromatic heterocycles. The SMILES string of the molecule is CC(C)CN(CCC#N)Cc1ccc(F)cc1Br. The van der Waals surface area contributed by atoms with Crippen LogP contribution in [0.3, 0.4) is 0 Å². The van der Waals surface area contributed by atoms with Crippen molar-refractivity contribution in [2.75, 3.05) is 13.1 Å². The smallest absolute Gasteiger partial charge is 0.124 e. The van der Waals surface area contributed by atoms with Gasteiger partial charge in [-0.15, -0.1) is 0 Å². The van der Waals surface area contributed by atoms with Gasteiger partial charge in [-0.1, -0.05) is 35.8 Å². The summed E-state index contributed by atoms with van der Waals surface area (Å²) in [5, 5.41) is 8.67. The van der Waals surface area contributed by atoms with Gasteiger partial charge in [-0.2, -0.15) is 5.26 Å². The molecule has 18 heavy (non-hydrogen) atoms. The van der Waals surface area contributed by atoms with Crippen molar-refractivity contribution in [3.63, 3.8) is 0 Å². The molecule has 0 radical (unpaired) electrons. The van der Waals surface area contributed by atoms with Crippen LogP contribution in [-0.2, 0) is 6.54 Å². The van der Waals surface area contributed by atoms with E-state index in [1.165, 1.54) is 12.1 Å². The van der Waals surface area contributed by atoms with Gasteiger partial charge in [-0.25, -0.2) is 4.39 Å². The highest BCUT2D eigenvalue weighted by Crippen LogP contribution is 2.20. The van der Waals surface area contributed by atoms with Crippen LogP contribution in [0.25, 0.3) is 0 Å². The van der Waals surface area contributed by atoms with Crippen LogP contribution in [0.1, 0.15) is 25.8 Å². The van der Waals surface area contributed by atoms with E-state index in [9.17, 15) is 4.39 Å². The second-order valence-electron chi connectivity index (χ2n) is 4.77. The van der Waals surface area contributed by atoms with Gasteiger partial charge in [0.2, 0.25) is 0 Å². The van der Waals surface area contributed by atoms with Gasteiger partial charge in [0.15, 0.2) is 0 Å². The third kappa shape index (κ3) is 5.16. The van der Waals surface area contributed by atoms with Crippen LogP contribution in [0.4, 0.5) is 4.39 Å². The summed E-state index contributed by atoms with van der Waals surface area (Å²) in [5.74, 6) is 0.306. The molecule has 0 fully saturated rings. The van der Waals surface area contributed by atoms with Crippen LogP contribution in [0, 0.1) is 23.1 Å². The molecule has 1 rings (SSSR count). The van der Waals surface area contributed by atoms with Gasteiger partial charge in [0.25, 0.3) is 0 Å². The normalized spacial score (nSPS) is 10.9. The van der Waals surface area contributed by atoms with Gasteiger partial charge >= 0.3 is 0 Å². The van der Waals surface area contributed by atoms with Crippen molar-refractivity contribution in [3.05, 3.63) is 34.1 Å². The van der Waals surface area contributed by atoms with Crippen LogP contribution >= 0.6 is 15.9 Å². The molecule has 0 bridgehead atoms. The molecule has 4 heteroatoms. The predicted molar refractivity (Wildman–Crippen MR) is 74.4 cm³/mol. The second kappa shape index (κ2) is 7.50. The van der Waals surface area contributed by atoms with Crippen molar-refractivity contribution in [3.8, 4) is 6.07 Å². The summed E-state index contributed by atoms with van der Waals surface area (Å²) in [6.45, 7) is 6.73. The van der Waals surface area contributed by atoms with Gasteiger partial charge < -0.3 is 0 Å². The Morgan fingerprint density at radius 3 is 2.72 bits per heavy atom. The van der Waals surface area contributed by atoms with Gasteiger partial charge in [-0.05, 0) is 23.6 Å². The van der Waals surface area contributed by atoms with Crippen molar-refractivity contribution in [1.29, 1.82) is 5.26 Å². The largest absolute Gasteiger partial charge is 0.298 e. The third-order valence-electron chi connectivity index (χ3n) is 2.57. The van der Waals surface area contributed by atoms with E-state index in [1.807, 2.05) is 0 Å². The minimum absolute atomic E-state index is 0.238. The van der Waals surface area contributed by atoms with E-state index in [0.29, 0.717) is 12.3 Å². The fraction of sp³-hybridized carbons (Fsp3) is 0.500. The second-order valence-corrected chi connectivity index (χ2v) is 5.63. The number of rotatable bonds is 6. The Labute approximate surface area is 117 Å². The lowest BCUT2D eigenvalue weighted by atomic mass is 10.1. The van der Waals surface area contributed by atoms with Crippen LogP contribution in [0.15, 0.2) is 22.7 Å². The van der Waals surface area contributed by atoms with E-state index in [1.54, 1.807) is 6.07 Å². The number of halogens is 2. The molecule has 0 saturated carbocycles. The lowest BCUT2D eigenvalue weighted by Gasteiger charge is -2.23. The maximum Gasteiger partial charge on any atom is 0.124 e. The Balaban J connectivity index is 2.72. The molecule has 0 aliphatic rings. The first-order chi connectivity index (χ1) is 8.52. The number of benzene rings is 1. The Morgan fingerprint density at radius 2 is 2.17 bits per heavy atom. The maximum absolute atomic E-state index is 13.0. The lowest BCUT2D eigenvalue weighted by molar-refractivity contribution is 0.241. The summed E-state index contributed by atoms with van der Waals surface area (Å²) in [6, 6.07) is 6.91. The fourth-order valence-corrected chi connectivity index (χ4v) is 2.33. The van der Waals surface area contributed by atoms with Crippen molar-refractivity contribution >= 4 is 15.9 Å². The molecule has 1 aromatic rings. The number of hydrogen-bond donors (Lipinski definition) is 0. The Hall–Kier alpha value is -0.920. The van der Waals surface area contributed by atoms with Gasteiger partial charge in [0.05, 0.1) is 6.07 Å². The van der Waals surface area contributed by atoms with Crippen molar-refractivity contribution in [2.45, 2.75) is 26.8 Å². The molecule has 1 aromatic carbocycles. The van der Waals surface area contributed by atoms with E-state index in [4.69, 9.17) is 5.26 Å². The van der Waals surface area contributed by atoms with E-state index in [-0.39, 0.29) is 5.82 Å². The molecule has 0 N–H and O–H groups in total. The molecular formula is C14H18BrFN2. The summed E-state index contributed by atoms with van der Waals surface area (Å²) < 4.78 is 13.8. The zero-order chi connectivity index (χ0) is 13.5. The highest BCUT2D eigenvalue weighted by atomic mass is 79.9. The molecular weight excluding hydrogens is 295 g/mol. The zero-order valence-electron chi connectivity index (χ0n) is 10.8. The van der Waals surface area contributed by atoms with Crippen LogP contribution in [0.5, 0.6) is 0 Å². The molecule has 0 spiro atoms. The Morgan fingerprint density at radius 1 is 1.44 bits per heavy atom. The number of nitrogens with zero attached hydrogens (tertiary/aromatic N) is 2. The standard InChI is InChI=1S/C14H18BrFN2/c1-11(2)9-18(7-3-6-17)10-12-4-5-13(16)8-14(12)15/h4-5,8,11H,3,7,9-10H2,1-2H3. The van der Waals surface area contributed by atoms with Crippen molar-refractivity contribution in [1.82, 2.24) is 4.90 Å². The fourth-order valence-electron chi connectivity index (χ4n) is 1.85. The first-order valence-electron chi connectivity index (χ1n) is 6.06. The Kier molecular flexibility index (Phi) is 6.31. The molecule has 2 nitrogen and oxygen atoms in total. The van der Waals surface area contributed by atoms with E-state index in [2.05, 4.69) is 40.7 Å². The molecule has 0 aliphatic heterocycles. The van der Waals surface area contributed by atoms with E-state index in [0.717, 1.165) is 29.7 Å². The van der Waals surface area contributed by atoms with Crippen LogP contribution in [0.2, 0.25) is 0 Å². The predicted octanol–water partition coefficient (Wildman–Crippen LogP) is 3.96. The topological polar surface area (TPSA) is 27.0 Å². The minimum atomic E-state index is -0.238. The maximum atomic E-state index is 13.0. The van der Waals surface area contributed by atoms with Crippen LogP contribution < -0.4 is 0 Å². The molecule has 0 heterocycles. The number of nitriles is 1.